The zero-order valence-corrected chi connectivity index (χ0v) is 21.5. The molecule has 1 atom stereocenters. The fourth-order valence-electron chi connectivity index (χ4n) is 4.52. The van der Waals surface area contributed by atoms with E-state index in [1.54, 1.807) is 18.2 Å². The number of ether oxygens (including phenoxy) is 2. The van der Waals surface area contributed by atoms with E-state index in [0.29, 0.717) is 23.4 Å². The highest BCUT2D eigenvalue weighted by molar-refractivity contribution is 6.00. The zero-order chi connectivity index (χ0) is 28.4. The van der Waals surface area contributed by atoms with Crippen LogP contribution in [0, 0.1) is 5.82 Å². The summed E-state index contributed by atoms with van der Waals surface area (Å²) in [5.41, 5.74) is 1.74. The second kappa shape index (κ2) is 10.9. The molecule has 13 heteroatoms. The Labute approximate surface area is 227 Å². The van der Waals surface area contributed by atoms with Gasteiger partial charge in [-0.3, -0.25) is 9.59 Å². The number of hydrogen-bond donors (Lipinski definition) is 1. The topological polar surface area (TPSA) is 106 Å². The lowest BCUT2D eigenvalue weighted by atomic mass is 10.1. The molecule has 1 aromatic heterocycles. The van der Waals surface area contributed by atoms with Crippen molar-refractivity contribution < 1.29 is 37.0 Å². The van der Waals surface area contributed by atoms with Gasteiger partial charge in [0.2, 0.25) is 0 Å². The van der Waals surface area contributed by atoms with Gasteiger partial charge in [0.15, 0.2) is 6.61 Å². The van der Waals surface area contributed by atoms with Gasteiger partial charge in [0, 0.05) is 38.7 Å². The second-order valence-electron chi connectivity index (χ2n) is 9.65. The molecule has 0 bridgehead atoms. The molecule has 40 heavy (non-hydrogen) atoms. The summed E-state index contributed by atoms with van der Waals surface area (Å²) in [4.78, 5) is 40.6. The molecule has 0 saturated carbocycles. The Hall–Kier alpha value is -4.55. The van der Waals surface area contributed by atoms with Crippen LogP contribution >= 0.6 is 0 Å². The number of aromatic nitrogens is 2. The molecule has 2 aromatic carbocycles. The lowest BCUT2D eigenvalue weighted by Gasteiger charge is -2.21. The number of carbonyl (C=O) groups excluding carboxylic acids is 3. The van der Waals surface area contributed by atoms with Crippen molar-refractivity contribution in [1.29, 1.82) is 0 Å². The van der Waals surface area contributed by atoms with E-state index in [1.807, 2.05) is 0 Å². The average Bonchev–Trinajstić information content (AvgIpc) is 3.52. The van der Waals surface area contributed by atoms with E-state index < -0.39 is 43.0 Å². The Bertz CT molecular complexity index is 1450. The van der Waals surface area contributed by atoms with Crippen LogP contribution < -0.4 is 19.7 Å². The number of likely N-dealkylation sites (tertiary alicyclic amines) is 1. The van der Waals surface area contributed by atoms with Crippen LogP contribution in [0.3, 0.4) is 0 Å². The number of halogens is 3. The molecule has 1 unspecified atom stereocenters. The van der Waals surface area contributed by atoms with E-state index in [2.05, 4.69) is 10.4 Å². The molecule has 0 aliphatic carbocycles. The summed E-state index contributed by atoms with van der Waals surface area (Å²) in [5, 5.41) is 6.66. The highest BCUT2D eigenvalue weighted by Crippen LogP contribution is 2.34. The van der Waals surface area contributed by atoms with E-state index in [0.717, 1.165) is 15.1 Å². The first-order chi connectivity index (χ1) is 19.1. The number of likely N-dealkylation sites (N-methyl/N-ethyl adjacent to an activating group) is 1. The van der Waals surface area contributed by atoms with Crippen LogP contribution in [0.15, 0.2) is 54.9 Å². The summed E-state index contributed by atoms with van der Waals surface area (Å²) in [6.45, 7) is -1.26. The first kappa shape index (κ1) is 27.0. The van der Waals surface area contributed by atoms with Gasteiger partial charge >= 0.3 is 6.03 Å². The van der Waals surface area contributed by atoms with E-state index >= 15 is 0 Å². The van der Waals surface area contributed by atoms with E-state index in [-0.39, 0.29) is 31.1 Å². The maximum atomic E-state index is 13.5. The minimum Gasteiger partial charge on any atom is -0.489 e. The van der Waals surface area contributed by atoms with Crippen molar-refractivity contribution in [3.05, 3.63) is 71.8 Å². The zero-order valence-electron chi connectivity index (χ0n) is 21.5. The number of benzene rings is 2. The molecule has 3 amide bonds. The molecule has 3 aromatic rings. The quantitative estimate of drug-likeness (QED) is 0.500. The molecule has 5 rings (SSSR count). The number of rotatable bonds is 6. The predicted molar refractivity (Wildman–Crippen MR) is 136 cm³/mol. The van der Waals surface area contributed by atoms with Crippen molar-refractivity contribution in [1.82, 2.24) is 20.0 Å². The second-order valence-corrected chi connectivity index (χ2v) is 9.65. The van der Waals surface area contributed by atoms with E-state index in [4.69, 9.17) is 9.47 Å². The lowest BCUT2D eigenvalue weighted by Crippen LogP contribution is -2.50. The Morgan fingerprint density at radius 1 is 1.20 bits per heavy atom. The normalized spacial score (nSPS) is 18.1. The van der Waals surface area contributed by atoms with Gasteiger partial charge in [-0.15, -0.1) is 0 Å². The maximum absolute atomic E-state index is 13.5. The molecule has 2 aliphatic heterocycles. The Kier molecular flexibility index (Phi) is 7.37. The van der Waals surface area contributed by atoms with E-state index in [9.17, 15) is 27.6 Å². The fourth-order valence-corrected chi connectivity index (χ4v) is 4.52. The highest BCUT2D eigenvalue weighted by atomic mass is 19.3. The average molecular weight is 558 g/mol. The number of amides is 3. The first-order valence-corrected chi connectivity index (χ1v) is 12.5. The Balaban J connectivity index is 1.20. The molecule has 1 fully saturated rings. The van der Waals surface area contributed by atoms with Crippen LogP contribution in [-0.4, -0.2) is 77.8 Å². The molecule has 0 spiro atoms. The largest absolute Gasteiger partial charge is 0.489 e. The van der Waals surface area contributed by atoms with Crippen LogP contribution in [0.1, 0.15) is 17.5 Å². The monoisotopic (exact) mass is 557 g/mol. The molecule has 10 nitrogen and oxygen atoms in total. The Morgan fingerprint density at radius 3 is 2.77 bits per heavy atom. The SMILES string of the molecule is CN1C(=O)C(NC(=O)n2cc(Cc3cccc(F)c3)cn2)COc2ccc(OCC(=O)N3CCC(F)(F)C3)cc21. The van der Waals surface area contributed by atoms with Crippen LogP contribution in [0.4, 0.5) is 23.7 Å². The van der Waals surface area contributed by atoms with Crippen molar-refractivity contribution in [2.75, 3.05) is 38.3 Å². The molecule has 2 aliphatic rings. The molecule has 3 heterocycles. The molecule has 1 saturated heterocycles. The van der Waals surface area contributed by atoms with Crippen molar-refractivity contribution >= 4 is 23.5 Å². The van der Waals surface area contributed by atoms with Crippen LogP contribution in [-0.2, 0) is 16.0 Å². The van der Waals surface area contributed by atoms with Gasteiger partial charge < -0.3 is 24.6 Å². The maximum Gasteiger partial charge on any atom is 0.342 e. The number of carbonyl (C=O) groups is 3. The summed E-state index contributed by atoms with van der Waals surface area (Å²) < 4.78 is 52.6. The summed E-state index contributed by atoms with van der Waals surface area (Å²) >= 11 is 0. The number of nitrogens with one attached hydrogen (secondary N) is 1. The smallest absolute Gasteiger partial charge is 0.342 e. The van der Waals surface area contributed by atoms with Crippen LogP contribution in [0.2, 0.25) is 0 Å². The van der Waals surface area contributed by atoms with Crippen molar-refractivity contribution in [3.8, 4) is 11.5 Å². The van der Waals surface area contributed by atoms with Crippen molar-refractivity contribution in [3.63, 3.8) is 0 Å². The Morgan fingerprint density at radius 2 is 2.02 bits per heavy atom. The fraction of sp³-hybridized carbons (Fsp3) is 0.333. The van der Waals surface area contributed by atoms with Crippen molar-refractivity contribution in [2.24, 2.45) is 0 Å². The van der Waals surface area contributed by atoms with Gasteiger partial charge in [0.05, 0.1) is 18.4 Å². The van der Waals surface area contributed by atoms with Gasteiger partial charge in [-0.05, 0) is 35.4 Å². The number of nitrogens with zero attached hydrogens (tertiary/aromatic N) is 4. The molecular formula is C27H26F3N5O5. The molecular weight excluding hydrogens is 531 g/mol. The summed E-state index contributed by atoms with van der Waals surface area (Å²) in [6.07, 6.45) is 2.97. The number of anilines is 1. The number of fused-ring (bicyclic) bond motifs is 1. The number of hydrogen-bond acceptors (Lipinski definition) is 6. The van der Waals surface area contributed by atoms with Gasteiger partial charge in [-0.2, -0.15) is 9.78 Å². The standard InChI is InChI=1S/C27H26F3N5O5/c1-33-22-11-20(39-15-24(36)34-8-7-27(29,30)16-34)5-6-23(22)40-14-21(25(33)37)32-26(38)35-13-18(12-31-35)9-17-3-2-4-19(28)10-17/h2-6,10-13,21H,7-9,14-16H2,1H3,(H,32,38). The van der Waals surface area contributed by atoms with Gasteiger partial charge in [-0.1, -0.05) is 12.1 Å². The summed E-state index contributed by atoms with van der Waals surface area (Å²) in [5.74, 6) is -3.69. The van der Waals surface area contributed by atoms with Gasteiger partial charge in [-0.25, -0.2) is 18.0 Å². The third-order valence-corrected chi connectivity index (χ3v) is 6.65. The van der Waals surface area contributed by atoms with E-state index in [1.165, 1.54) is 48.6 Å². The lowest BCUT2D eigenvalue weighted by molar-refractivity contribution is -0.133. The molecule has 210 valence electrons. The highest BCUT2D eigenvalue weighted by Gasteiger charge is 2.40. The summed E-state index contributed by atoms with van der Waals surface area (Å²) in [6, 6.07) is 9.00. The first-order valence-electron chi connectivity index (χ1n) is 12.5. The summed E-state index contributed by atoms with van der Waals surface area (Å²) in [7, 11) is 1.50. The minimum absolute atomic E-state index is 0.0373. The molecule has 1 N–H and O–H groups in total. The number of alkyl halides is 2. The van der Waals surface area contributed by atoms with Crippen LogP contribution in [0.5, 0.6) is 11.5 Å². The third kappa shape index (κ3) is 6.03. The van der Waals surface area contributed by atoms with Crippen LogP contribution in [0.25, 0.3) is 0 Å². The molecule has 0 radical (unpaired) electrons. The third-order valence-electron chi connectivity index (χ3n) is 6.65. The predicted octanol–water partition coefficient (Wildman–Crippen LogP) is 2.84. The van der Waals surface area contributed by atoms with Gasteiger partial charge in [0.25, 0.3) is 17.7 Å². The van der Waals surface area contributed by atoms with Crippen molar-refractivity contribution in [2.45, 2.75) is 24.8 Å². The van der Waals surface area contributed by atoms with Gasteiger partial charge in [0.1, 0.15) is 30.0 Å². The minimum atomic E-state index is -2.89.